The van der Waals surface area contributed by atoms with E-state index in [1.807, 2.05) is 6.08 Å². The number of hydrogen-bond acceptors (Lipinski definition) is 11. The highest BCUT2D eigenvalue weighted by Gasteiger charge is 2.46. The molecule has 0 aromatic rings. The molecule has 1 aliphatic rings. The first-order valence-corrected chi connectivity index (χ1v) is 24.3. The van der Waals surface area contributed by atoms with E-state index in [2.05, 4.69) is 56.4 Å². The van der Waals surface area contributed by atoms with Gasteiger partial charge in [-0.05, 0) is 64.2 Å². The Bertz CT molecular complexity index is 1280. The predicted molar refractivity (Wildman–Crippen MR) is 233 cm³/mol. The summed E-state index contributed by atoms with van der Waals surface area (Å²) in [5.41, 5.74) is 0. The highest BCUT2D eigenvalue weighted by atomic mass is 32.2. The number of aliphatic hydroxyl groups is 3. The number of ether oxygens (including phenoxy) is 4. The number of esters is 2. The number of carbonyl (C=O) groups excluding carboxylic acids is 2. The maximum absolute atomic E-state index is 12.8. The van der Waals surface area contributed by atoms with E-state index in [1.54, 1.807) is 0 Å². The third-order valence-electron chi connectivity index (χ3n) is 10.1. The van der Waals surface area contributed by atoms with E-state index in [-0.39, 0.29) is 19.4 Å². The molecule has 0 aliphatic carbocycles. The van der Waals surface area contributed by atoms with Gasteiger partial charge in [-0.15, -0.1) is 0 Å². The number of carbonyl (C=O) groups is 2. The Morgan fingerprint density at radius 3 is 1.59 bits per heavy atom. The lowest BCUT2D eigenvalue weighted by molar-refractivity contribution is -0.297. The lowest BCUT2D eigenvalue weighted by Gasteiger charge is -2.40. The summed E-state index contributed by atoms with van der Waals surface area (Å²) < 4.78 is 54.0. The molecule has 1 rings (SSSR count). The third-order valence-corrected chi connectivity index (χ3v) is 10.9. The van der Waals surface area contributed by atoms with Crippen LogP contribution in [-0.2, 0) is 38.7 Å². The minimum absolute atomic E-state index is 0.0962. The Balaban J connectivity index is 2.49. The van der Waals surface area contributed by atoms with Gasteiger partial charge < -0.3 is 34.3 Å². The average Bonchev–Trinajstić information content (AvgIpc) is 3.20. The van der Waals surface area contributed by atoms with Crippen molar-refractivity contribution in [2.75, 3.05) is 19.0 Å². The molecule has 342 valence electrons. The molecule has 0 amide bonds. The van der Waals surface area contributed by atoms with Gasteiger partial charge in [-0.2, -0.15) is 8.42 Å². The van der Waals surface area contributed by atoms with E-state index < -0.39 is 71.2 Å². The van der Waals surface area contributed by atoms with Gasteiger partial charge in [0, 0.05) is 12.8 Å². The first kappa shape index (κ1) is 54.6. The molecule has 1 aliphatic heterocycles. The zero-order valence-corrected chi connectivity index (χ0v) is 37.2. The van der Waals surface area contributed by atoms with Gasteiger partial charge in [0.25, 0.3) is 10.1 Å². The molecule has 13 heteroatoms. The van der Waals surface area contributed by atoms with Crippen LogP contribution in [-0.4, -0.2) is 96.0 Å². The molecule has 2 unspecified atom stereocenters. The second-order valence-electron chi connectivity index (χ2n) is 15.7. The predicted octanol–water partition coefficient (Wildman–Crippen LogP) is 9.17. The van der Waals surface area contributed by atoms with E-state index in [1.165, 1.54) is 70.6 Å². The smallest absolute Gasteiger partial charge is 0.306 e. The van der Waals surface area contributed by atoms with Gasteiger partial charge in [0.05, 0.1) is 6.61 Å². The van der Waals surface area contributed by atoms with Crippen LogP contribution >= 0.6 is 0 Å². The van der Waals surface area contributed by atoms with E-state index in [0.717, 1.165) is 57.8 Å². The van der Waals surface area contributed by atoms with E-state index in [4.69, 9.17) is 18.9 Å². The second kappa shape index (κ2) is 36.3. The first-order chi connectivity index (χ1) is 28.5. The van der Waals surface area contributed by atoms with Gasteiger partial charge in [-0.25, -0.2) is 0 Å². The van der Waals surface area contributed by atoms with Crippen LogP contribution < -0.4 is 0 Å². The molecule has 0 radical (unpaired) electrons. The fourth-order valence-electron chi connectivity index (χ4n) is 6.56. The fraction of sp³-hybridized carbons (Fsp3) is 0.783. The van der Waals surface area contributed by atoms with E-state index in [0.29, 0.717) is 19.3 Å². The number of allylic oxidation sites excluding steroid dienone is 8. The molecule has 0 spiro atoms. The van der Waals surface area contributed by atoms with Crippen molar-refractivity contribution in [1.29, 1.82) is 0 Å². The number of aliphatic hydroxyl groups excluding tert-OH is 3. The molecular formula is C46H80O12S. The van der Waals surface area contributed by atoms with Crippen LogP contribution in [0.5, 0.6) is 0 Å². The SMILES string of the molecule is CCCC/C=C/C/C=C/CCCCCCCC(=O)OC[C@H](CO[C@H]1O[C@H](CS(=O)(=O)O)[C@@H](O)C(O)C1O)OC(=O)CCC/C=C/C/C=C/CCCCCCCCCCC. The minimum Gasteiger partial charge on any atom is -0.462 e. The first-order valence-electron chi connectivity index (χ1n) is 22.7. The van der Waals surface area contributed by atoms with Crippen molar-refractivity contribution in [2.24, 2.45) is 0 Å². The summed E-state index contributed by atoms with van der Waals surface area (Å²) >= 11 is 0. The number of unbranched alkanes of at least 4 members (excludes halogenated alkanes) is 17. The summed E-state index contributed by atoms with van der Waals surface area (Å²) in [5, 5.41) is 30.9. The Hall–Kier alpha value is -2.39. The van der Waals surface area contributed by atoms with E-state index in [9.17, 15) is 37.9 Å². The number of hydrogen-bond donors (Lipinski definition) is 4. The summed E-state index contributed by atoms with van der Waals surface area (Å²) in [6.07, 6.45) is 33.1. The Morgan fingerprint density at radius 1 is 0.576 bits per heavy atom. The molecule has 12 nitrogen and oxygen atoms in total. The lowest BCUT2D eigenvalue weighted by atomic mass is 10.00. The van der Waals surface area contributed by atoms with Gasteiger partial charge >= 0.3 is 11.9 Å². The highest BCUT2D eigenvalue weighted by molar-refractivity contribution is 7.85. The van der Waals surface area contributed by atoms with Crippen LogP contribution in [0.15, 0.2) is 48.6 Å². The van der Waals surface area contributed by atoms with Crippen LogP contribution in [0.3, 0.4) is 0 Å². The monoisotopic (exact) mass is 857 g/mol. The topological polar surface area (TPSA) is 186 Å². The molecule has 0 saturated carbocycles. The van der Waals surface area contributed by atoms with Gasteiger partial charge in [-0.3, -0.25) is 14.1 Å². The molecule has 1 fully saturated rings. The van der Waals surface area contributed by atoms with Gasteiger partial charge in [0.1, 0.15) is 36.8 Å². The van der Waals surface area contributed by atoms with Crippen LogP contribution in [0.2, 0.25) is 0 Å². The normalized spacial score (nSPS) is 20.7. The van der Waals surface area contributed by atoms with Gasteiger partial charge in [-0.1, -0.05) is 146 Å². The molecule has 0 aromatic heterocycles. The summed E-state index contributed by atoms with van der Waals surface area (Å²) in [6, 6.07) is 0. The van der Waals surface area contributed by atoms with Gasteiger partial charge in [0.2, 0.25) is 0 Å². The Morgan fingerprint density at radius 2 is 1.05 bits per heavy atom. The lowest BCUT2D eigenvalue weighted by Crippen LogP contribution is -2.60. The highest BCUT2D eigenvalue weighted by Crippen LogP contribution is 2.24. The summed E-state index contributed by atoms with van der Waals surface area (Å²) in [4.78, 5) is 25.4. The van der Waals surface area contributed by atoms with Crippen molar-refractivity contribution in [3.63, 3.8) is 0 Å². The number of rotatable bonds is 37. The zero-order chi connectivity index (χ0) is 43.4. The summed E-state index contributed by atoms with van der Waals surface area (Å²) in [7, 11) is -4.61. The zero-order valence-electron chi connectivity index (χ0n) is 36.3. The van der Waals surface area contributed by atoms with Crippen LogP contribution in [0.25, 0.3) is 0 Å². The molecule has 4 N–H and O–H groups in total. The van der Waals surface area contributed by atoms with Gasteiger partial charge in [0.15, 0.2) is 12.4 Å². The molecule has 0 aromatic carbocycles. The molecule has 1 heterocycles. The van der Waals surface area contributed by atoms with Crippen molar-refractivity contribution in [1.82, 2.24) is 0 Å². The molecule has 0 bridgehead atoms. The van der Waals surface area contributed by atoms with Crippen LogP contribution in [0.1, 0.15) is 174 Å². The summed E-state index contributed by atoms with van der Waals surface area (Å²) in [6.45, 7) is 3.67. The average molecular weight is 857 g/mol. The Kier molecular flexibility index (Phi) is 33.6. The Labute approximate surface area is 356 Å². The molecule has 6 atom stereocenters. The van der Waals surface area contributed by atoms with Crippen molar-refractivity contribution in [2.45, 2.75) is 211 Å². The maximum Gasteiger partial charge on any atom is 0.306 e. The minimum atomic E-state index is -4.61. The fourth-order valence-corrected chi connectivity index (χ4v) is 7.25. The van der Waals surface area contributed by atoms with Crippen molar-refractivity contribution in [3.05, 3.63) is 48.6 Å². The van der Waals surface area contributed by atoms with Crippen LogP contribution in [0.4, 0.5) is 0 Å². The quantitative estimate of drug-likeness (QED) is 0.0201. The molecule has 1 saturated heterocycles. The van der Waals surface area contributed by atoms with Crippen molar-refractivity contribution < 1.29 is 56.8 Å². The summed E-state index contributed by atoms with van der Waals surface area (Å²) in [5.74, 6) is -2.06. The molecule has 59 heavy (non-hydrogen) atoms. The standard InChI is InChI=1S/C46H80O12S/c1-3-5-7-9-11-13-15-17-19-20-21-23-25-27-29-31-33-35-42(48)57-39(37-56-46-45(51)44(50)43(49)40(58-46)38-59(52,53)54)36-55-41(47)34-32-30-28-26-24-22-18-16-14-12-10-8-6-4-2/h10,12,16,18,21,23,27,29,39-40,43-46,49-51H,3-9,11,13-15,17,19-20,22,24-26,28,30-38H2,1-2H3,(H,52,53,54)/b12-10+,18-16+,23-21+,29-27+/t39-,40-,43-,44?,45?,46+/m1/s1. The largest absolute Gasteiger partial charge is 0.462 e. The van der Waals surface area contributed by atoms with Crippen molar-refractivity contribution in [3.8, 4) is 0 Å². The third kappa shape index (κ3) is 31.2. The van der Waals surface area contributed by atoms with E-state index >= 15 is 0 Å². The molecular weight excluding hydrogens is 777 g/mol. The second-order valence-corrected chi connectivity index (χ2v) is 17.2. The van der Waals surface area contributed by atoms with Crippen LogP contribution in [0, 0.1) is 0 Å². The van der Waals surface area contributed by atoms with Crippen molar-refractivity contribution >= 4 is 22.1 Å². The maximum atomic E-state index is 12.8.